The summed E-state index contributed by atoms with van der Waals surface area (Å²) in [6, 6.07) is 10.2. The van der Waals surface area contributed by atoms with Gasteiger partial charge >= 0.3 is 0 Å². The van der Waals surface area contributed by atoms with Crippen molar-refractivity contribution in [1.82, 2.24) is 15.1 Å². The molecule has 2 saturated heterocycles. The summed E-state index contributed by atoms with van der Waals surface area (Å²) in [5.74, 6) is 0.179. The van der Waals surface area contributed by atoms with Crippen LogP contribution in [0, 0.1) is 0 Å². The number of nitrogens with zero attached hydrogens (tertiary/aromatic N) is 2. The molecule has 1 amide bonds. The highest BCUT2D eigenvalue weighted by Crippen LogP contribution is 2.18. The lowest BCUT2D eigenvalue weighted by atomic mass is 10.2. The first-order valence-electron chi connectivity index (χ1n) is 7.14. The molecule has 1 aromatic rings. The summed E-state index contributed by atoms with van der Waals surface area (Å²) in [5, 5.41) is 3.38. The van der Waals surface area contributed by atoms with E-state index in [-0.39, 0.29) is 5.91 Å². The molecule has 0 saturated carbocycles. The van der Waals surface area contributed by atoms with Gasteiger partial charge in [0.2, 0.25) is 0 Å². The van der Waals surface area contributed by atoms with Crippen molar-refractivity contribution in [3.8, 4) is 0 Å². The zero-order valence-corrected chi connectivity index (χ0v) is 11.2. The number of likely N-dealkylation sites (tertiary alicyclic amines) is 1. The highest BCUT2D eigenvalue weighted by molar-refractivity contribution is 5.94. The van der Waals surface area contributed by atoms with Crippen LogP contribution < -0.4 is 5.32 Å². The lowest BCUT2D eigenvalue weighted by Gasteiger charge is -2.32. The topological polar surface area (TPSA) is 35.6 Å². The molecule has 3 rings (SSSR count). The van der Waals surface area contributed by atoms with Crippen molar-refractivity contribution in [2.75, 3.05) is 39.3 Å². The lowest BCUT2D eigenvalue weighted by Crippen LogP contribution is -2.49. The molecule has 1 atom stereocenters. The van der Waals surface area contributed by atoms with Crippen molar-refractivity contribution in [3.63, 3.8) is 0 Å². The predicted molar refractivity (Wildman–Crippen MR) is 75.2 cm³/mol. The lowest BCUT2D eigenvalue weighted by molar-refractivity contribution is 0.0773. The van der Waals surface area contributed by atoms with Crippen molar-refractivity contribution in [1.29, 1.82) is 0 Å². The smallest absolute Gasteiger partial charge is 0.253 e. The average Bonchev–Trinajstić information content (AvgIpc) is 2.98. The van der Waals surface area contributed by atoms with Gasteiger partial charge in [-0.25, -0.2) is 0 Å². The van der Waals surface area contributed by atoms with Gasteiger partial charge in [0.1, 0.15) is 0 Å². The molecule has 2 fully saturated rings. The number of hydrogen-bond acceptors (Lipinski definition) is 3. The van der Waals surface area contributed by atoms with E-state index in [1.807, 2.05) is 35.2 Å². The Bertz CT molecular complexity index is 428. The molecule has 1 aromatic carbocycles. The Hall–Kier alpha value is -1.39. The average molecular weight is 259 g/mol. The zero-order valence-electron chi connectivity index (χ0n) is 11.2. The third-order valence-electron chi connectivity index (χ3n) is 4.14. The summed E-state index contributed by atoms with van der Waals surface area (Å²) in [4.78, 5) is 16.9. The molecular formula is C15H21N3O. The van der Waals surface area contributed by atoms with E-state index >= 15 is 0 Å². The zero-order chi connectivity index (χ0) is 13.1. The molecule has 102 valence electrons. The second kappa shape index (κ2) is 5.72. The summed E-state index contributed by atoms with van der Waals surface area (Å²) >= 11 is 0. The molecule has 2 aliphatic heterocycles. The summed E-state index contributed by atoms with van der Waals surface area (Å²) in [6.07, 6.45) is 1.11. The van der Waals surface area contributed by atoms with Gasteiger partial charge < -0.3 is 10.2 Å². The first-order chi connectivity index (χ1) is 9.34. The SMILES string of the molecule is O=C(c1ccccc1)N1CCC(N2CCNCC2)C1. The van der Waals surface area contributed by atoms with E-state index < -0.39 is 0 Å². The number of piperazine rings is 1. The van der Waals surface area contributed by atoms with E-state index in [1.165, 1.54) is 0 Å². The summed E-state index contributed by atoms with van der Waals surface area (Å²) in [5.41, 5.74) is 0.809. The van der Waals surface area contributed by atoms with Gasteiger partial charge in [-0.05, 0) is 18.6 Å². The maximum atomic E-state index is 12.4. The van der Waals surface area contributed by atoms with Gasteiger partial charge in [-0.3, -0.25) is 9.69 Å². The first-order valence-corrected chi connectivity index (χ1v) is 7.14. The fourth-order valence-corrected chi connectivity index (χ4v) is 3.03. The third kappa shape index (κ3) is 2.80. The molecule has 2 aliphatic rings. The van der Waals surface area contributed by atoms with Crippen LogP contribution in [0.4, 0.5) is 0 Å². The minimum absolute atomic E-state index is 0.179. The van der Waals surface area contributed by atoms with Gasteiger partial charge in [-0.1, -0.05) is 18.2 Å². The maximum absolute atomic E-state index is 12.4. The second-order valence-electron chi connectivity index (χ2n) is 5.35. The minimum atomic E-state index is 0.179. The standard InChI is InChI=1S/C15H21N3O/c19-15(13-4-2-1-3-5-13)18-9-6-14(12-18)17-10-7-16-8-11-17/h1-5,14,16H,6-12H2. The van der Waals surface area contributed by atoms with Crippen molar-refractivity contribution in [2.45, 2.75) is 12.5 Å². The van der Waals surface area contributed by atoms with Crippen LogP contribution in [0.1, 0.15) is 16.8 Å². The van der Waals surface area contributed by atoms with Crippen LogP contribution in [-0.4, -0.2) is 61.0 Å². The van der Waals surface area contributed by atoms with Crippen LogP contribution in [-0.2, 0) is 0 Å². The molecule has 0 bridgehead atoms. The predicted octanol–water partition coefficient (Wildman–Crippen LogP) is 0.806. The summed E-state index contributed by atoms with van der Waals surface area (Å²) in [7, 11) is 0. The van der Waals surface area contributed by atoms with Gasteiger partial charge in [0.05, 0.1) is 0 Å². The second-order valence-corrected chi connectivity index (χ2v) is 5.35. The number of rotatable bonds is 2. The van der Waals surface area contributed by atoms with Crippen molar-refractivity contribution in [2.24, 2.45) is 0 Å². The Morgan fingerprint density at radius 2 is 1.84 bits per heavy atom. The van der Waals surface area contributed by atoms with E-state index in [9.17, 15) is 4.79 Å². The van der Waals surface area contributed by atoms with Crippen LogP contribution in [0.2, 0.25) is 0 Å². The highest BCUT2D eigenvalue weighted by Gasteiger charge is 2.31. The van der Waals surface area contributed by atoms with Crippen molar-refractivity contribution >= 4 is 5.91 Å². The summed E-state index contributed by atoms with van der Waals surface area (Å²) < 4.78 is 0. The van der Waals surface area contributed by atoms with Crippen LogP contribution in [0.3, 0.4) is 0 Å². The van der Waals surface area contributed by atoms with Gasteiger partial charge in [0.15, 0.2) is 0 Å². The molecule has 4 heteroatoms. The molecule has 19 heavy (non-hydrogen) atoms. The van der Waals surface area contributed by atoms with Gasteiger partial charge in [-0.2, -0.15) is 0 Å². The number of carbonyl (C=O) groups is 1. The molecular weight excluding hydrogens is 238 g/mol. The van der Waals surface area contributed by atoms with E-state index in [0.717, 1.165) is 51.3 Å². The Balaban J connectivity index is 1.61. The summed E-state index contributed by atoms with van der Waals surface area (Å²) in [6.45, 7) is 6.14. The van der Waals surface area contributed by atoms with Gasteiger partial charge in [0, 0.05) is 50.9 Å². The Morgan fingerprint density at radius 3 is 2.58 bits per heavy atom. The van der Waals surface area contributed by atoms with Crippen LogP contribution in [0.15, 0.2) is 30.3 Å². The Kier molecular flexibility index (Phi) is 3.80. The van der Waals surface area contributed by atoms with E-state index in [4.69, 9.17) is 0 Å². The molecule has 0 aliphatic carbocycles. The van der Waals surface area contributed by atoms with Crippen LogP contribution in [0.25, 0.3) is 0 Å². The number of carbonyl (C=O) groups excluding carboxylic acids is 1. The van der Waals surface area contributed by atoms with Crippen LogP contribution in [0.5, 0.6) is 0 Å². The largest absolute Gasteiger partial charge is 0.337 e. The fourth-order valence-electron chi connectivity index (χ4n) is 3.03. The van der Waals surface area contributed by atoms with Gasteiger partial charge in [0.25, 0.3) is 5.91 Å². The van der Waals surface area contributed by atoms with Gasteiger partial charge in [-0.15, -0.1) is 0 Å². The minimum Gasteiger partial charge on any atom is -0.337 e. The van der Waals surface area contributed by atoms with E-state index in [1.54, 1.807) is 0 Å². The van der Waals surface area contributed by atoms with Crippen molar-refractivity contribution < 1.29 is 4.79 Å². The fraction of sp³-hybridized carbons (Fsp3) is 0.533. The number of nitrogens with one attached hydrogen (secondary N) is 1. The Labute approximate surface area is 114 Å². The van der Waals surface area contributed by atoms with Crippen LogP contribution >= 0.6 is 0 Å². The molecule has 0 spiro atoms. The molecule has 2 heterocycles. The molecule has 0 aromatic heterocycles. The Morgan fingerprint density at radius 1 is 1.11 bits per heavy atom. The normalized spacial score (nSPS) is 24.6. The number of amides is 1. The first kappa shape index (κ1) is 12.6. The van der Waals surface area contributed by atoms with E-state index in [0.29, 0.717) is 6.04 Å². The van der Waals surface area contributed by atoms with Crippen molar-refractivity contribution in [3.05, 3.63) is 35.9 Å². The highest BCUT2D eigenvalue weighted by atomic mass is 16.2. The maximum Gasteiger partial charge on any atom is 0.253 e. The third-order valence-corrected chi connectivity index (χ3v) is 4.14. The molecule has 0 radical (unpaired) electrons. The molecule has 4 nitrogen and oxygen atoms in total. The quantitative estimate of drug-likeness (QED) is 0.853. The number of hydrogen-bond donors (Lipinski definition) is 1. The monoisotopic (exact) mass is 259 g/mol. The van der Waals surface area contributed by atoms with E-state index in [2.05, 4.69) is 10.2 Å². The molecule has 1 N–H and O–H groups in total. The molecule has 1 unspecified atom stereocenters. The number of benzene rings is 1.